The molecule has 2 heterocycles. The van der Waals surface area contributed by atoms with E-state index in [1.54, 1.807) is 6.07 Å². The lowest BCUT2D eigenvalue weighted by molar-refractivity contribution is -0.122. The van der Waals surface area contributed by atoms with Crippen LogP contribution in [0.25, 0.3) is 10.8 Å². The van der Waals surface area contributed by atoms with E-state index in [0.29, 0.717) is 11.9 Å². The van der Waals surface area contributed by atoms with E-state index < -0.39 is 0 Å². The molecule has 1 N–H and O–H groups in total. The van der Waals surface area contributed by atoms with E-state index in [2.05, 4.69) is 51.7 Å². The Labute approximate surface area is 192 Å². The minimum atomic E-state index is -0.251. The lowest BCUT2D eigenvalue weighted by Gasteiger charge is -2.19. The van der Waals surface area contributed by atoms with Gasteiger partial charge in [-0.25, -0.2) is 4.68 Å². The van der Waals surface area contributed by atoms with Crippen LogP contribution >= 0.6 is 0 Å². The highest BCUT2D eigenvalue weighted by Gasteiger charge is 2.18. The fourth-order valence-electron chi connectivity index (χ4n) is 4.46. The zero-order chi connectivity index (χ0) is 22.8. The van der Waals surface area contributed by atoms with Crippen molar-refractivity contribution in [2.45, 2.75) is 33.0 Å². The highest BCUT2D eigenvalue weighted by atomic mass is 16.2. The van der Waals surface area contributed by atoms with Crippen molar-refractivity contribution in [3.05, 3.63) is 106 Å². The van der Waals surface area contributed by atoms with Crippen molar-refractivity contribution in [3.8, 4) is 0 Å². The third-order valence-electron chi connectivity index (χ3n) is 6.22. The van der Waals surface area contributed by atoms with Crippen molar-refractivity contribution < 1.29 is 4.79 Å². The molecule has 33 heavy (non-hydrogen) atoms. The van der Waals surface area contributed by atoms with E-state index in [1.165, 1.54) is 21.5 Å². The number of carbonyl (C=O) groups is 1. The van der Waals surface area contributed by atoms with Crippen LogP contribution in [0.3, 0.4) is 0 Å². The van der Waals surface area contributed by atoms with E-state index in [-0.39, 0.29) is 18.0 Å². The Kier molecular flexibility index (Phi) is 5.65. The molecule has 0 atom stereocenters. The summed E-state index contributed by atoms with van der Waals surface area (Å²) in [5.41, 5.74) is 5.47. The number of anilines is 1. The number of para-hydroxylation sites is 1. The monoisotopic (exact) mass is 438 g/mol. The highest BCUT2D eigenvalue weighted by Crippen LogP contribution is 2.28. The van der Waals surface area contributed by atoms with Gasteiger partial charge in [0.2, 0.25) is 5.91 Å². The predicted molar refractivity (Wildman–Crippen MR) is 130 cm³/mol. The number of benzene rings is 3. The largest absolute Gasteiger partial charge is 0.367 e. The lowest BCUT2D eigenvalue weighted by Crippen LogP contribution is -2.33. The first-order chi connectivity index (χ1) is 16.1. The topological polar surface area (TPSA) is 67.2 Å². The van der Waals surface area contributed by atoms with Gasteiger partial charge in [0.25, 0.3) is 5.56 Å². The second-order valence-electron chi connectivity index (χ2n) is 8.49. The molecule has 0 saturated heterocycles. The molecule has 0 aliphatic carbocycles. The summed E-state index contributed by atoms with van der Waals surface area (Å²) in [6, 6.07) is 24.2. The molecule has 0 spiro atoms. The zero-order valence-electron chi connectivity index (χ0n) is 18.6. The summed E-state index contributed by atoms with van der Waals surface area (Å²) in [5.74, 6) is -0.239. The van der Waals surface area contributed by atoms with E-state index in [0.717, 1.165) is 36.2 Å². The third kappa shape index (κ3) is 4.37. The van der Waals surface area contributed by atoms with Crippen LogP contribution in [0, 0.1) is 6.92 Å². The Morgan fingerprint density at radius 2 is 1.64 bits per heavy atom. The Morgan fingerprint density at radius 3 is 2.45 bits per heavy atom. The standard InChI is InChI=1S/C27H26N4O2/c1-19-23-7-3-4-8-24(23)27(33)31(29-19)18-26(32)28-16-20-10-12-21(13-11-20)17-30-15-14-22-6-2-5-9-25(22)30/h2-13H,14-18H2,1H3,(H,28,32). The van der Waals surface area contributed by atoms with Gasteiger partial charge in [0.15, 0.2) is 0 Å². The smallest absolute Gasteiger partial charge is 0.275 e. The summed E-state index contributed by atoms with van der Waals surface area (Å²) in [6.45, 7) is 4.07. The van der Waals surface area contributed by atoms with Crippen LogP contribution in [0.4, 0.5) is 5.69 Å². The second kappa shape index (κ2) is 8.90. The molecule has 3 aromatic carbocycles. The summed E-state index contributed by atoms with van der Waals surface area (Å²) >= 11 is 0. The van der Waals surface area contributed by atoms with Gasteiger partial charge in [0.1, 0.15) is 6.54 Å². The Hall–Kier alpha value is -3.93. The van der Waals surface area contributed by atoms with Gasteiger partial charge in [-0.1, -0.05) is 60.7 Å². The molecule has 0 fully saturated rings. The van der Waals surface area contributed by atoms with E-state index in [9.17, 15) is 9.59 Å². The summed E-state index contributed by atoms with van der Waals surface area (Å²) in [7, 11) is 0. The van der Waals surface area contributed by atoms with Gasteiger partial charge in [-0.15, -0.1) is 0 Å². The molecule has 1 aliphatic heterocycles. The molecule has 0 radical (unpaired) electrons. The molecule has 1 amide bonds. The molecule has 6 nitrogen and oxygen atoms in total. The molecule has 1 aromatic heterocycles. The van der Waals surface area contributed by atoms with Crippen molar-refractivity contribution in [1.29, 1.82) is 0 Å². The number of aryl methyl sites for hydroxylation is 1. The highest BCUT2D eigenvalue weighted by molar-refractivity contribution is 5.83. The molecule has 1 aliphatic rings. The average Bonchev–Trinajstić information content (AvgIpc) is 3.25. The van der Waals surface area contributed by atoms with Crippen molar-refractivity contribution in [1.82, 2.24) is 15.1 Å². The van der Waals surface area contributed by atoms with Crippen LogP contribution < -0.4 is 15.8 Å². The molecule has 4 aromatic rings. The number of fused-ring (bicyclic) bond motifs is 2. The maximum absolute atomic E-state index is 12.7. The van der Waals surface area contributed by atoms with E-state index >= 15 is 0 Å². The molecule has 0 unspecified atom stereocenters. The maximum Gasteiger partial charge on any atom is 0.275 e. The summed E-state index contributed by atoms with van der Waals surface area (Å²) in [4.78, 5) is 27.6. The second-order valence-corrected chi connectivity index (χ2v) is 8.49. The Balaban J connectivity index is 1.19. The Morgan fingerprint density at radius 1 is 0.939 bits per heavy atom. The van der Waals surface area contributed by atoms with Gasteiger partial charge in [-0.3, -0.25) is 9.59 Å². The first kappa shape index (κ1) is 20.9. The Bertz CT molecular complexity index is 1380. The number of nitrogens with one attached hydrogen (secondary N) is 1. The number of nitrogens with zero attached hydrogens (tertiary/aromatic N) is 3. The van der Waals surface area contributed by atoms with Crippen LogP contribution in [0.1, 0.15) is 22.4 Å². The van der Waals surface area contributed by atoms with Crippen molar-refractivity contribution >= 4 is 22.4 Å². The molecule has 5 rings (SSSR count). The molecule has 0 bridgehead atoms. The van der Waals surface area contributed by atoms with Crippen LogP contribution in [0.2, 0.25) is 0 Å². The van der Waals surface area contributed by atoms with Crippen LogP contribution in [0.5, 0.6) is 0 Å². The lowest BCUT2D eigenvalue weighted by atomic mass is 10.1. The molecule has 6 heteroatoms. The molecular formula is C27H26N4O2. The van der Waals surface area contributed by atoms with Gasteiger partial charge in [-0.05, 0) is 42.2 Å². The van der Waals surface area contributed by atoms with Crippen LogP contribution in [-0.4, -0.2) is 22.2 Å². The van der Waals surface area contributed by atoms with E-state index in [1.807, 2.05) is 37.3 Å². The number of carbonyl (C=O) groups excluding carboxylic acids is 1. The quantitative estimate of drug-likeness (QED) is 0.500. The average molecular weight is 439 g/mol. The predicted octanol–water partition coefficient (Wildman–Crippen LogP) is 3.58. The summed E-state index contributed by atoms with van der Waals surface area (Å²) in [6.07, 6.45) is 1.09. The van der Waals surface area contributed by atoms with Gasteiger partial charge in [0, 0.05) is 30.7 Å². The molecular weight excluding hydrogens is 412 g/mol. The SMILES string of the molecule is Cc1nn(CC(=O)NCc2ccc(CN3CCc4ccccc43)cc2)c(=O)c2ccccc12. The molecule has 0 saturated carbocycles. The van der Waals surface area contributed by atoms with Gasteiger partial charge in [0.05, 0.1) is 11.1 Å². The van der Waals surface area contributed by atoms with Crippen LogP contribution in [-0.2, 0) is 30.8 Å². The minimum absolute atomic E-state index is 0.100. The fourth-order valence-corrected chi connectivity index (χ4v) is 4.46. The van der Waals surface area contributed by atoms with Crippen molar-refractivity contribution in [3.63, 3.8) is 0 Å². The number of aromatic nitrogens is 2. The minimum Gasteiger partial charge on any atom is -0.367 e. The summed E-state index contributed by atoms with van der Waals surface area (Å²) in [5, 5.41) is 8.60. The van der Waals surface area contributed by atoms with Crippen molar-refractivity contribution in [2.75, 3.05) is 11.4 Å². The number of hydrogen-bond donors (Lipinski definition) is 1. The number of amides is 1. The fraction of sp³-hybridized carbons (Fsp3) is 0.222. The van der Waals surface area contributed by atoms with Gasteiger partial charge < -0.3 is 10.2 Å². The van der Waals surface area contributed by atoms with Crippen molar-refractivity contribution in [2.24, 2.45) is 0 Å². The first-order valence-electron chi connectivity index (χ1n) is 11.2. The number of hydrogen-bond acceptors (Lipinski definition) is 4. The molecule has 166 valence electrons. The van der Waals surface area contributed by atoms with Gasteiger partial charge >= 0.3 is 0 Å². The summed E-state index contributed by atoms with van der Waals surface area (Å²) < 4.78 is 1.24. The number of rotatable bonds is 6. The normalized spacial score (nSPS) is 12.7. The van der Waals surface area contributed by atoms with Crippen LogP contribution in [0.15, 0.2) is 77.6 Å². The first-order valence-corrected chi connectivity index (χ1v) is 11.2. The van der Waals surface area contributed by atoms with E-state index in [4.69, 9.17) is 0 Å². The third-order valence-corrected chi connectivity index (χ3v) is 6.22. The maximum atomic E-state index is 12.7. The van der Waals surface area contributed by atoms with Gasteiger partial charge in [-0.2, -0.15) is 5.10 Å². The zero-order valence-corrected chi connectivity index (χ0v) is 18.6.